The maximum Gasteiger partial charge on any atom is 0.306 e. The van der Waals surface area contributed by atoms with Gasteiger partial charge in [-0.15, -0.1) is 0 Å². The van der Waals surface area contributed by atoms with Gasteiger partial charge in [-0.1, -0.05) is 15.9 Å². The number of carbonyl (C=O) groups is 1. The van der Waals surface area contributed by atoms with Crippen molar-refractivity contribution in [3.63, 3.8) is 0 Å². The first-order chi connectivity index (χ1) is 8.63. The third kappa shape index (κ3) is 5.43. The third-order valence-corrected chi connectivity index (χ3v) is 4.07. The van der Waals surface area contributed by atoms with Crippen molar-refractivity contribution >= 4 is 32.7 Å². The van der Waals surface area contributed by atoms with E-state index in [1.54, 1.807) is 18.2 Å². The van der Waals surface area contributed by atoms with Gasteiger partial charge in [0, 0.05) is 21.5 Å². The normalized spacial score (nSPS) is 11.6. The molecule has 0 unspecified atom stereocenters. The molecule has 0 aliphatic carbocycles. The molecule has 0 aliphatic rings. The minimum atomic E-state index is -1.11. The van der Waals surface area contributed by atoms with Gasteiger partial charge in [0.15, 0.2) is 6.61 Å². The average Bonchev–Trinajstić information content (AvgIpc) is 2.37. The number of ether oxygens (including phenoxy) is 1. The summed E-state index contributed by atoms with van der Waals surface area (Å²) in [4.78, 5) is 11.8. The zero-order valence-corrected chi connectivity index (χ0v) is 12.0. The molecule has 1 aromatic rings. The second kappa shape index (κ2) is 8.01. The molecule has 18 heavy (non-hydrogen) atoms. The fraction of sp³-hybridized carbons (Fsp3) is 0.333. The lowest BCUT2D eigenvalue weighted by atomic mass is 10.3. The highest BCUT2D eigenvalue weighted by Gasteiger charge is 2.07. The van der Waals surface area contributed by atoms with E-state index in [4.69, 9.17) is 5.26 Å². The molecule has 0 N–H and O–H groups in total. The summed E-state index contributed by atoms with van der Waals surface area (Å²) in [6.45, 7) is -0.228. The highest BCUT2D eigenvalue weighted by molar-refractivity contribution is 9.10. The van der Waals surface area contributed by atoms with E-state index in [1.165, 1.54) is 0 Å². The molecule has 96 valence electrons. The Morgan fingerprint density at radius 1 is 1.39 bits per heavy atom. The summed E-state index contributed by atoms with van der Waals surface area (Å²) in [5, 5.41) is 8.22. The first-order valence-corrected chi connectivity index (χ1v) is 7.41. The number of benzene rings is 1. The first-order valence-electron chi connectivity index (χ1n) is 5.30. The Labute approximate surface area is 117 Å². The second-order valence-electron chi connectivity index (χ2n) is 3.43. The molecular formula is C12H12BrNO3S. The van der Waals surface area contributed by atoms with Crippen LogP contribution in [0.3, 0.4) is 0 Å². The van der Waals surface area contributed by atoms with Crippen molar-refractivity contribution in [2.24, 2.45) is 0 Å². The Kier molecular flexibility index (Phi) is 6.61. The van der Waals surface area contributed by atoms with Crippen LogP contribution in [0.25, 0.3) is 0 Å². The Balaban J connectivity index is 2.31. The summed E-state index contributed by atoms with van der Waals surface area (Å²) >= 11 is 3.30. The minimum absolute atomic E-state index is 0.184. The number of nitriles is 1. The van der Waals surface area contributed by atoms with Crippen LogP contribution in [0.2, 0.25) is 0 Å². The fourth-order valence-electron chi connectivity index (χ4n) is 1.24. The molecule has 1 rings (SSSR count). The van der Waals surface area contributed by atoms with Crippen molar-refractivity contribution in [2.45, 2.75) is 17.7 Å². The number of halogens is 1. The minimum Gasteiger partial charge on any atom is -0.450 e. The molecule has 0 bridgehead atoms. The van der Waals surface area contributed by atoms with Gasteiger partial charge in [-0.25, -0.2) is 0 Å². The Hall–Kier alpha value is -1.19. The molecule has 1 atom stereocenters. The predicted octanol–water partition coefficient (Wildman–Crippen LogP) is 2.40. The molecule has 0 amide bonds. The van der Waals surface area contributed by atoms with Gasteiger partial charge < -0.3 is 4.74 Å². The second-order valence-corrected chi connectivity index (χ2v) is 5.91. The molecule has 0 fully saturated rings. The van der Waals surface area contributed by atoms with Crippen LogP contribution >= 0.6 is 15.9 Å². The Bertz CT molecular complexity index is 467. The molecule has 0 heterocycles. The maximum atomic E-state index is 11.8. The standard InChI is InChI=1S/C12H12BrNO3S/c13-10-3-5-11(6-4-10)18(16)9-1-2-12(15)17-8-7-14/h3-6H,1-2,8-9H2/t18-/m0/s1. The van der Waals surface area contributed by atoms with Crippen LogP contribution < -0.4 is 0 Å². The number of carbonyl (C=O) groups excluding carboxylic acids is 1. The highest BCUT2D eigenvalue weighted by atomic mass is 79.9. The number of esters is 1. The van der Waals surface area contributed by atoms with Gasteiger partial charge in [0.1, 0.15) is 6.07 Å². The third-order valence-electron chi connectivity index (χ3n) is 2.08. The van der Waals surface area contributed by atoms with E-state index in [9.17, 15) is 9.00 Å². The van der Waals surface area contributed by atoms with E-state index < -0.39 is 16.8 Å². The molecule has 4 nitrogen and oxygen atoms in total. The van der Waals surface area contributed by atoms with Crippen LogP contribution in [0.1, 0.15) is 12.8 Å². The lowest BCUT2D eigenvalue weighted by Gasteiger charge is -2.02. The van der Waals surface area contributed by atoms with Gasteiger partial charge in [0.25, 0.3) is 0 Å². The van der Waals surface area contributed by atoms with Gasteiger partial charge in [-0.3, -0.25) is 9.00 Å². The fourth-order valence-corrected chi connectivity index (χ4v) is 2.58. The zero-order chi connectivity index (χ0) is 13.4. The van der Waals surface area contributed by atoms with E-state index in [-0.39, 0.29) is 13.0 Å². The van der Waals surface area contributed by atoms with Gasteiger partial charge in [0.05, 0.1) is 10.8 Å². The molecule has 1 aromatic carbocycles. The van der Waals surface area contributed by atoms with Crippen molar-refractivity contribution in [2.75, 3.05) is 12.4 Å². The van der Waals surface area contributed by atoms with Crippen LogP contribution in [0.5, 0.6) is 0 Å². The summed E-state index contributed by atoms with van der Waals surface area (Å²) in [6.07, 6.45) is 0.664. The maximum absolute atomic E-state index is 11.8. The Morgan fingerprint density at radius 2 is 2.06 bits per heavy atom. The van der Waals surface area contributed by atoms with Crippen molar-refractivity contribution in [3.05, 3.63) is 28.7 Å². The smallest absolute Gasteiger partial charge is 0.306 e. The number of hydrogen-bond acceptors (Lipinski definition) is 4. The van der Waals surface area contributed by atoms with Crippen molar-refractivity contribution in [1.82, 2.24) is 0 Å². The van der Waals surface area contributed by atoms with Crippen LogP contribution in [-0.2, 0) is 20.3 Å². The molecular weight excluding hydrogens is 318 g/mol. The number of nitrogens with zero attached hydrogens (tertiary/aromatic N) is 1. The van der Waals surface area contributed by atoms with Gasteiger partial charge in [0.2, 0.25) is 0 Å². The molecule has 0 aliphatic heterocycles. The highest BCUT2D eigenvalue weighted by Crippen LogP contribution is 2.14. The van der Waals surface area contributed by atoms with Gasteiger partial charge in [-0.2, -0.15) is 5.26 Å². The summed E-state index contributed by atoms with van der Waals surface area (Å²) < 4.78 is 17.4. The topological polar surface area (TPSA) is 67.2 Å². The van der Waals surface area contributed by atoms with E-state index >= 15 is 0 Å². The predicted molar refractivity (Wildman–Crippen MR) is 71.2 cm³/mol. The van der Waals surface area contributed by atoms with Gasteiger partial charge in [-0.05, 0) is 30.7 Å². The monoisotopic (exact) mass is 329 g/mol. The summed E-state index contributed by atoms with van der Waals surface area (Å²) in [5.74, 6) is -0.0205. The molecule has 0 radical (unpaired) electrons. The van der Waals surface area contributed by atoms with Gasteiger partial charge >= 0.3 is 5.97 Å². The summed E-state index contributed by atoms with van der Waals surface area (Å²) in [6, 6.07) is 8.95. The number of rotatable bonds is 6. The van der Waals surface area contributed by atoms with Crippen molar-refractivity contribution in [3.8, 4) is 6.07 Å². The quantitative estimate of drug-likeness (QED) is 0.751. The van der Waals surface area contributed by atoms with Crippen molar-refractivity contribution < 1.29 is 13.7 Å². The van der Waals surface area contributed by atoms with Crippen LogP contribution in [0.15, 0.2) is 33.6 Å². The van der Waals surface area contributed by atoms with E-state index in [0.29, 0.717) is 12.2 Å². The summed E-state index contributed by atoms with van der Waals surface area (Å²) in [5.41, 5.74) is 0. The first kappa shape index (κ1) is 14.9. The summed E-state index contributed by atoms with van der Waals surface area (Å²) in [7, 11) is -1.11. The lowest BCUT2D eigenvalue weighted by Crippen LogP contribution is -2.07. The van der Waals surface area contributed by atoms with E-state index in [2.05, 4.69) is 20.7 Å². The number of hydrogen-bond donors (Lipinski definition) is 0. The van der Waals surface area contributed by atoms with Crippen LogP contribution in [-0.4, -0.2) is 22.5 Å². The molecule has 0 aromatic heterocycles. The van der Waals surface area contributed by atoms with E-state index in [1.807, 2.05) is 12.1 Å². The lowest BCUT2D eigenvalue weighted by molar-refractivity contribution is -0.142. The largest absolute Gasteiger partial charge is 0.450 e. The molecule has 0 saturated carbocycles. The Morgan fingerprint density at radius 3 is 2.67 bits per heavy atom. The average molecular weight is 330 g/mol. The van der Waals surface area contributed by atoms with Crippen LogP contribution in [0.4, 0.5) is 0 Å². The molecule has 0 saturated heterocycles. The van der Waals surface area contributed by atoms with Crippen molar-refractivity contribution in [1.29, 1.82) is 5.26 Å². The zero-order valence-electron chi connectivity index (χ0n) is 9.60. The van der Waals surface area contributed by atoms with E-state index in [0.717, 1.165) is 9.37 Å². The van der Waals surface area contributed by atoms with Crippen LogP contribution in [0, 0.1) is 11.3 Å². The molecule has 6 heteroatoms. The SMILES string of the molecule is N#CCOC(=O)CCC[S@](=O)c1ccc(Br)cc1. The molecule has 0 spiro atoms.